The van der Waals surface area contributed by atoms with Gasteiger partial charge in [-0.3, -0.25) is 9.48 Å². The topological polar surface area (TPSA) is 60.9 Å². The van der Waals surface area contributed by atoms with E-state index in [1.54, 1.807) is 10.9 Å². The fourth-order valence-corrected chi connectivity index (χ4v) is 0.847. The van der Waals surface area contributed by atoms with Gasteiger partial charge in [0.05, 0.1) is 6.20 Å². The molecule has 1 amide bonds. The third-order valence-electron chi connectivity index (χ3n) is 1.65. The van der Waals surface area contributed by atoms with E-state index >= 15 is 0 Å². The molecular weight excluding hydrogens is 142 g/mol. The lowest BCUT2D eigenvalue weighted by Crippen LogP contribution is -2.20. The Labute approximate surface area is 65.0 Å². The maximum atomic E-state index is 10.5. The number of carbonyl (C=O) groups excluding carboxylic acids is 1. The smallest absolute Gasteiger partial charge is 0.239 e. The summed E-state index contributed by atoms with van der Waals surface area (Å²) in [6, 6.07) is 0. The Morgan fingerprint density at radius 3 is 2.73 bits per heavy atom. The minimum atomic E-state index is -0.365. The first-order chi connectivity index (χ1) is 5.11. The van der Waals surface area contributed by atoms with Crippen molar-refractivity contribution in [2.24, 2.45) is 5.73 Å². The minimum Gasteiger partial charge on any atom is -0.368 e. The molecule has 1 aromatic rings. The van der Waals surface area contributed by atoms with Gasteiger partial charge < -0.3 is 5.73 Å². The van der Waals surface area contributed by atoms with E-state index in [0.29, 0.717) is 0 Å². The number of amides is 1. The fraction of sp³-hybridized carbons (Fsp3) is 0.429. The Bertz CT molecular complexity index is 277. The molecule has 4 heteroatoms. The summed E-state index contributed by atoms with van der Waals surface area (Å²) in [5.74, 6) is -0.365. The maximum Gasteiger partial charge on any atom is 0.239 e. The number of aryl methyl sites for hydroxylation is 1. The van der Waals surface area contributed by atoms with E-state index in [-0.39, 0.29) is 12.5 Å². The summed E-state index contributed by atoms with van der Waals surface area (Å²) in [7, 11) is 0. The number of hydrogen-bond donors (Lipinski definition) is 1. The molecule has 0 saturated carbocycles. The van der Waals surface area contributed by atoms with Crippen LogP contribution in [0.3, 0.4) is 0 Å². The Morgan fingerprint density at radius 1 is 1.73 bits per heavy atom. The second-order valence-electron chi connectivity index (χ2n) is 2.54. The average Bonchev–Trinajstić information content (AvgIpc) is 2.18. The van der Waals surface area contributed by atoms with Crippen molar-refractivity contribution in [1.29, 1.82) is 0 Å². The quantitative estimate of drug-likeness (QED) is 0.649. The summed E-state index contributed by atoms with van der Waals surface area (Å²) in [5, 5.41) is 3.97. The van der Waals surface area contributed by atoms with Crippen LogP contribution in [-0.4, -0.2) is 15.7 Å². The van der Waals surface area contributed by atoms with Crippen LogP contribution >= 0.6 is 0 Å². The van der Waals surface area contributed by atoms with E-state index in [9.17, 15) is 4.79 Å². The first-order valence-electron chi connectivity index (χ1n) is 3.38. The van der Waals surface area contributed by atoms with Gasteiger partial charge in [-0.05, 0) is 19.4 Å². The third-order valence-corrected chi connectivity index (χ3v) is 1.65. The van der Waals surface area contributed by atoms with E-state index < -0.39 is 0 Å². The summed E-state index contributed by atoms with van der Waals surface area (Å²) in [5.41, 5.74) is 7.07. The van der Waals surface area contributed by atoms with Gasteiger partial charge in [0.1, 0.15) is 6.54 Å². The van der Waals surface area contributed by atoms with E-state index in [2.05, 4.69) is 5.10 Å². The molecule has 0 spiro atoms. The van der Waals surface area contributed by atoms with Gasteiger partial charge in [0.2, 0.25) is 5.91 Å². The highest BCUT2D eigenvalue weighted by atomic mass is 16.1. The maximum absolute atomic E-state index is 10.5. The van der Waals surface area contributed by atoms with E-state index in [1.165, 1.54) is 0 Å². The van der Waals surface area contributed by atoms with E-state index in [0.717, 1.165) is 11.3 Å². The molecule has 1 heterocycles. The highest BCUT2D eigenvalue weighted by Gasteiger charge is 2.03. The molecule has 0 fully saturated rings. The number of carbonyl (C=O) groups is 1. The zero-order valence-electron chi connectivity index (χ0n) is 6.66. The monoisotopic (exact) mass is 153 g/mol. The molecule has 0 radical (unpaired) electrons. The van der Waals surface area contributed by atoms with Crippen LogP contribution in [0.4, 0.5) is 0 Å². The Kier molecular flexibility index (Phi) is 1.94. The number of rotatable bonds is 2. The normalized spacial score (nSPS) is 10.0. The fourth-order valence-electron chi connectivity index (χ4n) is 0.847. The van der Waals surface area contributed by atoms with Crippen LogP contribution in [0.25, 0.3) is 0 Å². The molecule has 0 aliphatic rings. The molecule has 0 atom stereocenters. The molecule has 0 aliphatic carbocycles. The lowest BCUT2D eigenvalue weighted by atomic mass is 10.3. The Morgan fingerprint density at radius 2 is 2.36 bits per heavy atom. The second-order valence-corrected chi connectivity index (χ2v) is 2.54. The standard InChI is InChI=1S/C7H11N3O/c1-5-3-9-10(6(5)2)4-7(8)11/h3H,4H2,1-2H3,(H2,8,11). The number of hydrogen-bond acceptors (Lipinski definition) is 2. The van der Waals surface area contributed by atoms with Crippen molar-refractivity contribution in [3.05, 3.63) is 17.5 Å². The van der Waals surface area contributed by atoms with Crippen LogP contribution in [0.5, 0.6) is 0 Å². The van der Waals surface area contributed by atoms with Gasteiger partial charge in [-0.25, -0.2) is 0 Å². The molecule has 1 rings (SSSR count). The van der Waals surface area contributed by atoms with Crippen molar-refractivity contribution in [3.8, 4) is 0 Å². The van der Waals surface area contributed by atoms with Crippen LogP contribution in [0.1, 0.15) is 11.3 Å². The zero-order valence-corrected chi connectivity index (χ0v) is 6.66. The van der Waals surface area contributed by atoms with Gasteiger partial charge in [0.15, 0.2) is 0 Å². The summed E-state index contributed by atoms with van der Waals surface area (Å²) >= 11 is 0. The predicted molar refractivity (Wildman–Crippen MR) is 40.9 cm³/mol. The van der Waals surface area contributed by atoms with Crippen molar-refractivity contribution < 1.29 is 4.79 Å². The summed E-state index contributed by atoms with van der Waals surface area (Å²) in [6.45, 7) is 4.02. The Balaban J connectivity index is 2.87. The van der Waals surface area contributed by atoms with Crippen molar-refractivity contribution in [2.75, 3.05) is 0 Å². The van der Waals surface area contributed by atoms with Crippen molar-refractivity contribution >= 4 is 5.91 Å². The number of nitrogens with two attached hydrogens (primary N) is 1. The highest BCUT2D eigenvalue weighted by Crippen LogP contribution is 2.03. The van der Waals surface area contributed by atoms with Gasteiger partial charge in [0.25, 0.3) is 0 Å². The number of nitrogens with zero attached hydrogens (tertiary/aromatic N) is 2. The molecular formula is C7H11N3O. The van der Waals surface area contributed by atoms with E-state index in [1.807, 2.05) is 13.8 Å². The van der Waals surface area contributed by atoms with Crippen molar-refractivity contribution in [1.82, 2.24) is 9.78 Å². The number of primary amides is 1. The van der Waals surface area contributed by atoms with Crippen LogP contribution in [-0.2, 0) is 11.3 Å². The Hall–Kier alpha value is -1.32. The largest absolute Gasteiger partial charge is 0.368 e. The van der Waals surface area contributed by atoms with Crippen LogP contribution in [0, 0.1) is 13.8 Å². The van der Waals surface area contributed by atoms with Crippen LogP contribution < -0.4 is 5.73 Å². The van der Waals surface area contributed by atoms with Gasteiger partial charge in [0, 0.05) is 5.69 Å². The summed E-state index contributed by atoms with van der Waals surface area (Å²) in [4.78, 5) is 10.5. The van der Waals surface area contributed by atoms with Gasteiger partial charge in [-0.2, -0.15) is 5.10 Å². The third kappa shape index (κ3) is 1.58. The number of aromatic nitrogens is 2. The molecule has 0 unspecified atom stereocenters. The zero-order chi connectivity index (χ0) is 8.43. The van der Waals surface area contributed by atoms with E-state index in [4.69, 9.17) is 5.73 Å². The average molecular weight is 153 g/mol. The summed E-state index contributed by atoms with van der Waals surface area (Å²) in [6.07, 6.45) is 1.72. The predicted octanol–water partition coefficient (Wildman–Crippen LogP) is -0.0148. The first kappa shape index (κ1) is 7.78. The molecule has 60 valence electrons. The molecule has 1 aromatic heterocycles. The molecule has 2 N–H and O–H groups in total. The molecule has 0 bridgehead atoms. The first-order valence-corrected chi connectivity index (χ1v) is 3.38. The minimum absolute atomic E-state index is 0.166. The lowest BCUT2D eigenvalue weighted by Gasteiger charge is -1.99. The molecule has 0 aromatic carbocycles. The molecule has 11 heavy (non-hydrogen) atoms. The SMILES string of the molecule is Cc1cnn(CC(N)=O)c1C. The van der Waals surface area contributed by atoms with Gasteiger partial charge in [-0.15, -0.1) is 0 Å². The highest BCUT2D eigenvalue weighted by molar-refractivity contribution is 5.73. The molecule has 4 nitrogen and oxygen atoms in total. The van der Waals surface area contributed by atoms with Gasteiger partial charge >= 0.3 is 0 Å². The van der Waals surface area contributed by atoms with Crippen LogP contribution in [0.15, 0.2) is 6.20 Å². The molecule has 0 aliphatic heterocycles. The summed E-state index contributed by atoms with van der Waals surface area (Å²) < 4.78 is 1.59. The van der Waals surface area contributed by atoms with Crippen molar-refractivity contribution in [3.63, 3.8) is 0 Å². The van der Waals surface area contributed by atoms with Gasteiger partial charge in [-0.1, -0.05) is 0 Å². The second kappa shape index (κ2) is 2.74. The van der Waals surface area contributed by atoms with Crippen molar-refractivity contribution in [2.45, 2.75) is 20.4 Å². The lowest BCUT2D eigenvalue weighted by molar-refractivity contribution is -0.118. The molecule has 0 saturated heterocycles. The van der Waals surface area contributed by atoms with Crippen LogP contribution in [0.2, 0.25) is 0 Å².